The zero-order valence-electron chi connectivity index (χ0n) is 18.7. The fourth-order valence-corrected chi connectivity index (χ4v) is 3.97. The molecule has 1 N–H and O–H groups in total. The van der Waals surface area contributed by atoms with Gasteiger partial charge < -0.3 is 9.63 Å². The number of halogens is 1. The van der Waals surface area contributed by atoms with Crippen molar-refractivity contribution in [1.82, 2.24) is 15.0 Å². The van der Waals surface area contributed by atoms with Crippen LogP contribution in [0.25, 0.3) is 11.4 Å². The molecular formula is C27H28ClN3O2. The van der Waals surface area contributed by atoms with Crippen molar-refractivity contribution in [2.24, 2.45) is 0 Å². The SMILES string of the molecule is Cc1ccc(-c2noc(CCN(Cc3ccccc3)CC(O)Cc3ccccc3)n2)cc1Cl. The summed E-state index contributed by atoms with van der Waals surface area (Å²) in [5, 5.41) is 15.5. The van der Waals surface area contributed by atoms with Crippen molar-refractivity contribution in [3.05, 3.63) is 106 Å². The average molecular weight is 462 g/mol. The summed E-state index contributed by atoms with van der Waals surface area (Å²) in [6, 6.07) is 26.1. The molecule has 33 heavy (non-hydrogen) atoms. The van der Waals surface area contributed by atoms with E-state index < -0.39 is 6.10 Å². The van der Waals surface area contributed by atoms with E-state index in [2.05, 4.69) is 27.2 Å². The number of aliphatic hydroxyl groups excluding tert-OH is 1. The Bertz CT molecular complexity index is 1150. The average Bonchev–Trinajstić information content (AvgIpc) is 3.30. The van der Waals surface area contributed by atoms with E-state index in [4.69, 9.17) is 16.1 Å². The first kappa shape index (κ1) is 23.2. The fraction of sp³-hybridized carbons (Fsp3) is 0.259. The van der Waals surface area contributed by atoms with Crippen LogP contribution in [0.5, 0.6) is 0 Å². The summed E-state index contributed by atoms with van der Waals surface area (Å²) in [7, 11) is 0. The molecule has 0 radical (unpaired) electrons. The Labute approximate surface area is 199 Å². The first-order chi connectivity index (χ1) is 16.1. The topological polar surface area (TPSA) is 62.4 Å². The number of aromatic nitrogens is 2. The van der Waals surface area contributed by atoms with Gasteiger partial charge in [0.15, 0.2) is 0 Å². The molecule has 0 aliphatic rings. The smallest absolute Gasteiger partial charge is 0.228 e. The summed E-state index contributed by atoms with van der Waals surface area (Å²) in [6.45, 7) is 3.94. The standard InChI is InChI=1S/C27H28ClN3O2/c1-20-12-13-23(17-25(20)28)27-29-26(33-30-27)14-15-31(18-22-10-6-3-7-11-22)19-24(32)16-21-8-4-2-5-9-21/h2-13,17,24,32H,14-16,18-19H2,1H3. The minimum Gasteiger partial charge on any atom is -0.391 e. The van der Waals surface area contributed by atoms with Crippen LogP contribution >= 0.6 is 11.6 Å². The summed E-state index contributed by atoms with van der Waals surface area (Å²) in [5.74, 6) is 1.10. The van der Waals surface area contributed by atoms with Gasteiger partial charge in [-0.1, -0.05) is 89.6 Å². The molecule has 1 aromatic heterocycles. The molecule has 4 aromatic rings. The third kappa shape index (κ3) is 6.75. The van der Waals surface area contributed by atoms with E-state index in [0.717, 1.165) is 23.2 Å². The van der Waals surface area contributed by atoms with Crippen molar-refractivity contribution in [1.29, 1.82) is 0 Å². The first-order valence-corrected chi connectivity index (χ1v) is 11.5. The number of benzene rings is 3. The van der Waals surface area contributed by atoms with Crippen molar-refractivity contribution < 1.29 is 9.63 Å². The molecule has 0 saturated carbocycles. The van der Waals surface area contributed by atoms with Gasteiger partial charge in [-0.25, -0.2) is 0 Å². The highest BCUT2D eigenvalue weighted by Gasteiger charge is 2.16. The van der Waals surface area contributed by atoms with Gasteiger partial charge in [-0.3, -0.25) is 4.90 Å². The van der Waals surface area contributed by atoms with Crippen LogP contribution in [0.4, 0.5) is 0 Å². The molecule has 1 heterocycles. The fourth-order valence-electron chi connectivity index (χ4n) is 3.78. The third-order valence-corrected chi connectivity index (χ3v) is 5.98. The minimum absolute atomic E-state index is 0.468. The van der Waals surface area contributed by atoms with E-state index in [0.29, 0.717) is 42.7 Å². The van der Waals surface area contributed by atoms with Gasteiger partial charge in [0.25, 0.3) is 0 Å². The van der Waals surface area contributed by atoms with Gasteiger partial charge in [-0.15, -0.1) is 0 Å². The molecule has 6 heteroatoms. The van der Waals surface area contributed by atoms with E-state index in [9.17, 15) is 5.11 Å². The third-order valence-electron chi connectivity index (χ3n) is 5.57. The number of aliphatic hydroxyl groups is 1. The molecule has 0 saturated heterocycles. The Morgan fingerprint density at radius 1 is 0.970 bits per heavy atom. The summed E-state index contributed by atoms with van der Waals surface area (Å²) < 4.78 is 5.50. The molecule has 0 fully saturated rings. The molecule has 1 atom stereocenters. The van der Waals surface area contributed by atoms with Crippen molar-refractivity contribution in [2.75, 3.05) is 13.1 Å². The van der Waals surface area contributed by atoms with Gasteiger partial charge in [-0.2, -0.15) is 4.98 Å². The normalized spacial score (nSPS) is 12.2. The zero-order valence-corrected chi connectivity index (χ0v) is 19.4. The van der Waals surface area contributed by atoms with Gasteiger partial charge in [0, 0.05) is 36.6 Å². The molecule has 1 unspecified atom stereocenters. The number of hydrogen-bond acceptors (Lipinski definition) is 5. The van der Waals surface area contributed by atoms with Crippen LogP contribution in [0.2, 0.25) is 5.02 Å². The zero-order chi connectivity index (χ0) is 23.0. The Kier molecular flexibility index (Phi) is 7.89. The van der Waals surface area contributed by atoms with Gasteiger partial charge >= 0.3 is 0 Å². The maximum atomic E-state index is 10.7. The van der Waals surface area contributed by atoms with Crippen LogP contribution in [-0.4, -0.2) is 39.3 Å². The van der Waals surface area contributed by atoms with Crippen LogP contribution in [0.1, 0.15) is 22.6 Å². The second-order valence-corrected chi connectivity index (χ2v) is 8.70. The highest BCUT2D eigenvalue weighted by Crippen LogP contribution is 2.23. The first-order valence-electron chi connectivity index (χ1n) is 11.1. The molecule has 0 aliphatic heterocycles. The van der Waals surface area contributed by atoms with Gasteiger partial charge in [-0.05, 0) is 36.1 Å². The molecular weight excluding hydrogens is 434 g/mol. The lowest BCUT2D eigenvalue weighted by atomic mass is 10.1. The Balaban J connectivity index is 1.41. The van der Waals surface area contributed by atoms with Crippen molar-refractivity contribution in [3.63, 3.8) is 0 Å². The molecule has 0 spiro atoms. The highest BCUT2D eigenvalue weighted by molar-refractivity contribution is 6.31. The van der Waals surface area contributed by atoms with Crippen LogP contribution in [0, 0.1) is 6.92 Å². The molecule has 5 nitrogen and oxygen atoms in total. The largest absolute Gasteiger partial charge is 0.391 e. The van der Waals surface area contributed by atoms with Crippen LogP contribution in [-0.2, 0) is 19.4 Å². The summed E-state index contributed by atoms with van der Waals surface area (Å²) in [4.78, 5) is 6.78. The van der Waals surface area contributed by atoms with E-state index in [1.807, 2.05) is 73.7 Å². The van der Waals surface area contributed by atoms with Gasteiger partial charge in [0.1, 0.15) is 0 Å². The second-order valence-electron chi connectivity index (χ2n) is 8.29. The summed E-state index contributed by atoms with van der Waals surface area (Å²) >= 11 is 6.24. The van der Waals surface area contributed by atoms with Crippen molar-refractivity contribution in [3.8, 4) is 11.4 Å². The number of rotatable bonds is 10. The minimum atomic E-state index is -0.468. The van der Waals surface area contributed by atoms with Gasteiger partial charge in [0.05, 0.1) is 6.10 Å². The molecule has 170 valence electrons. The predicted octanol–water partition coefficient (Wildman–Crippen LogP) is 5.35. The summed E-state index contributed by atoms with van der Waals surface area (Å²) in [6.07, 6.45) is 0.742. The van der Waals surface area contributed by atoms with E-state index in [1.165, 1.54) is 5.56 Å². The summed E-state index contributed by atoms with van der Waals surface area (Å²) in [5.41, 5.74) is 4.17. The molecule has 0 aliphatic carbocycles. The number of nitrogens with zero attached hydrogens (tertiary/aromatic N) is 3. The lowest BCUT2D eigenvalue weighted by Gasteiger charge is -2.25. The van der Waals surface area contributed by atoms with Crippen LogP contribution in [0.3, 0.4) is 0 Å². The van der Waals surface area contributed by atoms with E-state index >= 15 is 0 Å². The van der Waals surface area contributed by atoms with Crippen LogP contribution < -0.4 is 0 Å². The molecule has 4 rings (SSSR count). The maximum absolute atomic E-state index is 10.7. The van der Waals surface area contributed by atoms with E-state index in [-0.39, 0.29) is 0 Å². The van der Waals surface area contributed by atoms with Crippen molar-refractivity contribution >= 4 is 11.6 Å². The number of hydrogen-bond donors (Lipinski definition) is 1. The predicted molar refractivity (Wildman–Crippen MR) is 131 cm³/mol. The highest BCUT2D eigenvalue weighted by atomic mass is 35.5. The molecule has 0 amide bonds. The molecule has 3 aromatic carbocycles. The Morgan fingerprint density at radius 2 is 1.67 bits per heavy atom. The number of aryl methyl sites for hydroxylation is 1. The lowest BCUT2D eigenvalue weighted by Crippen LogP contribution is -2.34. The maximum Gasteiger partial charge on any atom is 0.228 e. The van der Waals surface area contributed by atoms with Crippen molar-refractivity contribution in [2.45, 2.75) is 32.4 Å². The lowest BCUT2D eigenvalue weighted by molar-refractivity contribution is 0.108. The van der Waals surface area contributed by atoms with Crippen LogP contribution in [0.15, 0.2) is 83.4 Å². The van der Waals surface area contributed by atoms with Gasteiger partial charge in [0.2, 0.25) is 11.7 Å². The monoisotopic (exact) mass is 461 g/mol. The van der Waals surface area contributed by atoms with E-state index in [1.54, 1.807) is 0 Å². The second kappa shape index (κ2) is 11.2. The molecule has 0 bridgehead atoms. The quantitative estimate of drug-likeness (QED) is 0.345. The Morgan fingerprint density at radius 3 is 2.36 bits per heavy atom. The Hall–Kier alpha value is -2.99.